The van der Waals surface area contributed by atoms with Crippen LogP contribution in [0, 0.1) is 28.6 Å². The lowest BCUT2D eigenvalue weighted by atomic mass is 9.43. The van der Waals surface area contributed by atoms with Crippen LogP contribution in [0.2, 0.25) is 0 Å². The fourth-order valence-electron chi connectivity index (χ4n) is 3.46. The summed E-state index contributed by atoms with van der Waals surface area (Å²) in [6.45, 7) is 12.0. The molecule has 0 aromatic rings. The van der Waals surface area contributed by atoms with Gasteiger partial charge in [0.2, 0.25) is 0 Å². The molecule has 1 spiro atoms. The van der Waals surface area contributed by atoms with Gasteiger partial charge in [-0.25, -0.2) is 0 Å². The van der Waals surface area contributed by atoms with E-state index >= 15 is 0 Å². The highest BCUT2D eigenvalue weighted by Gasteiger charge is 2.55. The van der Waals surface area contributed by atoms with Crippen LogP contribution in [0.1, 0.15) is 60.3 Å². The Hall–Kier alpha value is 0. The van der Waals surface area contributed by atoms with Crippen LogP contribution < -0.4 is 0 Å². The van der Waals surface area contributed by atoms with E-state index < -0.39 is 0 Å². The fourth-order valence-corrected chi connectivity index (χ4v) is 3.46. The Kier molecular flexibility index (Phi) is 2.25. The highest BCUT2D eigenvalue weighted by atomic mass is 14.6. The summed E-state index contributed by atoms with van der Waals surface area (Å²) in [6, 6.07) is 0. The minimum atomic E-state index is 0.564. The Morgan fingerprint density at radius 1 is 1.00 bits per heavy atom. The molecule has 2 aliphatic rings. The molecule has 0 unspecified atom stereocenters. The molecule has 0 bridgehead atoms. The minimum absolute atomic E-state index is 0.564. The quantitative estimate of drug-likeness (QED) is 0.577. The Balaban J connectivity index is 1.80. The first-order valence-electron chi connectivity index (χ1n) is 6.32. The third kappa shape index (κ3) is 1.61. The van der Waals surface area contributed by atoms with Gasteiger partial charge < -0.3 is 0 Å². The minimum Gasteiger partial charge on any atom is -0.0625 e. The Morgan fingerprint density at radius 2 is 1.50 bits per heavy atom. The highest BCUT2D eigenvalue weighted by molar-refractivity contribution is 5.05. The lowest BCUT2D eigenvalue weighted by molar-refractivity contribution is -0.114. The molecular weight excluding hydrogens is 168 g/mol. The van der Waals surface area contributed by atoms with E-state index in [1.54, 1.807) is 0 Å². The van der Waals surface area contributed by atoms with Crippen LogP contribution in [-0.4, -0.2) is 0 Å². The molecule has 0 aromatic carbocycles. The summed E-state index contributed by atoms with van der Waals surface area (Å²) in [7, 11) is 0. The standard InChI is InChI=1S/C14H26/c1-10(2)11-6-14(7-11)8-12(9-14)13(3,4)5/h10-12H,6-9H2,1-5H3. The molecule has 0 radical (unpaired) electrons. The van der Waals surface area contributed by atoms with Gasteiger partial charge in [-0.2, -0.15) is 0 Å². The molecule has 2 saturated carbocycles. The summed E-state index contributed by atoms with van der Waals surface area (Å²) in [5.41, 5.74) is 1.39. The lowest BCUT2D eigenvalue weighted by Crippen LogP contribution is -2.51. The smallest absolute Gasteiger partial charge is 0.0286 e. The number of rotatable bonds is 1. The first-order valence-corrected chi connectivity index (χ1v) is 6.32. The summed E-state index contributed by atoms with van der Waals surface area (Å²) >= 11 is 0. The molecule has 14 heavy (non-hydrogen) atoms. The monoisotopic (exact) mass is 194 g/mol. The Morgan fingerprint density at radius 3 is 1.86 bits per heavy atom. The Bertz CT molecular complexity index is 205. The van der Waals surface area contributed by atoms with E-state index in [1.807, 2.05) is 0 Å². The molecule has 82 valence electrons. The van der Waals surface area contributed by atoms with Gasteiger partial charge in [0.25, 0.3) is 0 Å². The van der Waals surface area contributed by atoms with E-state index in [0.29, 0.717) is 5.41 Å². The van der Waals surface area contributed by atoms with Gasteiger partial charge in [-0.05, 0) is 54.3 Å². The molecule has 0 heteroatoms. The van der Waals surface area contributed by atoms with E-state index in [1.165, 1.54) is 25.7 Å². The van der Waals surface area contributed by atoms with Crippen LogP contribution in [0.5, 0.6) is 0 Å². The van der Waals surface area contributed by atoms with E-state index in [-0.39, 0.29) is 0 Å². The summed E-state index contributed by atoms with van der Waals surface area (Å²) in [4.78, 5) is 0. The van der Waals surface area contributed by atoms with Gasteiger partial charge >= 0.3 is 0 Å². The van der Waals surface area contributed by atoms with Gasteiger partial charge in [0.05, 0.1) is 0 Å². The van der Waals surface area contributed by atoms with Crippen LogP contribution in [0.15, 0.2) is 0 Å². The maximum Gasteiger partial charge on any atom is -0.0286 e. The van der Waals surface area contributed by atoms with E-state index in [0.717, 1.165) is 23.2 Å². The van der Waals surface area contributed by atoms with Crippen LogP contribution in [0.3, 0.4) is 0 Å². The average Bonchev–Trinajstić information content (AvgIpc) is 1.74. The molecular formula is C14H26. The molecule has 0 amide bonds. The second-order valence-corrected chi connectivity index (χ2v) is 7.38. The second kappa shape index (κ2) is 3.00. The van der Waals surface area contributed by atoms with Gasteiger partial charge in [-0.1, -0.05) is 34.6 Å². The van der Waals surface area contributed by atoms with Crippen LogP contribution in [-0.2, 0) is 0 Å². The Labute approximate surface area is 89.5 Å². The topological polar surface area (TPSA) is 0 Å². The maximum absolute atomic E-state index is 2.41. The van der Waals surface area contributed by atoms with Crippen molar-refractivity contribution in [2.75, 3.05) is 0 Å². The van der Waals surface area contributed by atoms with Gasteiger partial charge in [0, 0.05) is 0 Å². The van der Waals surface area contributed by atoms with E-state index in [9.17, 15) is 0 Å². The maximum atomic E-state index is 2.41. The van der Waals surface area contributed by atoms with Crippen molar-refractivity contribution < 1.29 is 0 Å². The normalized spacial score (nSPS) is 42.4. The van der Waals surface area contributed by atoms with Gasteiger partial charge in [0.15, 0.2) is 0 Å². The van der Waals surface area contributed by atoms with Crippen molar-refractivity contribution in [3.8, 4) is 0 Å². The summed E-state index contributed by atoms with van der Waals surface area (Å²) in [5, 5.41) is 0. The highest BCUT2D eigenvalue weighted by Crippen LogP contribution is 2.65. The SMILES string of the molecule is CC(C)C1CC2(C1)CC(C(C)(C)C)C2. The molecule has 2 aliphatic carbocycles. The molecule has 0 N–H and O–H groups in total. The van der Waals surface area contributed by atoms with Crippen molar-refractivity contribution in [2.24, 2.45) is 28.6 Å². The molecule has 0 aromatic heterocycles. The second-order valence-electron chi connectivity index (χ2n) is 7.38. The van der Waals surface area contributed by atoms with E-state index in [4.69, 9.17) is 0 Å². The summed E-state index contributed by atoms with van der Waals surface area (Å²) in [6.07, 6.45) is 6.13. The van der Waals surface area contributed by atoms with Crippen molar-refractivity contribution in [1.82, 2.24) is 0 Å². The van der Waals surface area contributed by atoms with Crippen molar-refractivity contribution in [3.63, 3.8) is 0 Å². The van der Waals surface area contributed by atoms with Crippen LogP contribution in [0.4, 0.5) is 0 Å². The molecule has 2 fully saturated rings. The zero-order chi connectivity index (χ0) is 10.6. The number of hydrogen-bond acceptors (Lipinski definition) is 0. The van der Waals surface area contributed by atoms with Crippen molar-refractivity contribution in [1.29, 1.82) is 0 Å². The van der Waals surface area contributed by atoms with Crippen molar-refractivity contribution in [3.05, 3.63) is 0 Å². The zero-order valence-electron chi connectivity index (χ0n) is 10.6. The molecule has 2 rings (SSSR count). The predicted molar refractivity (Wildman–Crippen MR) is 62.2 cm³/mol. The molecule has 0 atom stereocenters. The first kappa shape index (κ1) is 10.5. The van der Waals surface area contributed by atoms with Crippen LogP contribution in [0.25, 0.3) is 0 Å². The summed E-state index contributed by atoms with van der Waals surface area (Å²) < 4.78 is 0. The third-order valence-electron chi connectivity index (χ3n) is 4.92. The van der Waals surface area contributed by atoms with E-state index in [2.05, 4.69) is 34.6 Å². The predicted octanol–water partition coefficient (Wildman–Crippen LogP) is 4.49. The van der Waals surface area contributed by atoms with Crippen molar-refractivity contribution >= 4 is 0 Å². The summed E-state index contributed by atoms with van der Waals surface area (Å²) in [5.74, 6) is 2.99. The van der Waals surface area contributed by atoms with Crippen molar-refractivity contribution in [2.45, 2.75) is 60.3 Å². The molecule has 0 nitrogen and oxygen atoms in total. The third-order valence-corrected chi connectivity index (χ3v) is 4.92. The molecule has 0 aliphatic heterocycles. The fraction of sp³-hybridized carbons (Fsp3) is 1.00. The number of hydrogen-bond donors (Lipinski definition) is 0. The largest absolute Gasteiger partial charge is 0.0625 e. The van der Waals surface area contributed by atoms with Gasteiger partial charge in [-0.15, -0.1) is 0 Å². The molecule has 0 heterocycles. The van der Waals surface area contributed by atoms with Gasteiger partial charge in [-0.3, -0.25) is 0 Å². The molecule has 0 saturated heterocycles. The lowest BCUT2D eigenvalue weighted by Gasteiger charge is -2.62. The van der Waals surface area contributed by atoms with Gasteiger partial charge in [0.1, 0.15) is 0 Å². The zero-order valence-corrected chi connectivity index (χ0v) is 10.6. The first-order chi connectivity index (χ1) is 6.32. The van der Waals surface area contributed by atoms with Crippen LogP contribution >= 0.6 is 0 Å². The average molecular weight is 194 g/mol.